The SMILES string of the molecule is CC1(c2ccccc2)c2ccccc2-c2ccc(-c3ccc(-c4cc(-c5ccc(-c6ccccc6)cc5)nc(-c5ccccc5)n4)c4ccccc34)cc21. The summed E-state index contributed by atoms with van der Waals surface area (Å²) in [4.78, 5) is 10.4. The van der Waals surface area contributed by atoms with E-state index in [1.165, 1.54) is 55.5 Å². The van der Waals surface area contributed by atoms with Gasteiger partial charge in [-0.15, -0.1) is 0 Å². The highest BCUT2D eigenvalue weighted by molar-refractivity contribution is 6.05. The van der Waals surface area contributed by atoms with Crippen LogP contribution in [-0.4, -0.2) is 9.97 Å². The Balaban J connectivity index is 1.11. The number of nitrogens with zero attached hydrogens (tertiary/aromatic N) is 2. The summed E-state index contributed by atoms with van der Waals surface area (Å²) in [6.07, 6.45) is 0. The molecule has 1 atom stereocenters. The molecule has 0 amide bonds. The standard InChI is InChI=1S/C52H36N2/c1-52(40-19-9-4-10-20-40)47-24-14-13-23-44(47)45-30-29-39(33-48(45)52)41-31-32-46(43-22-12-11-21-42(41)43)50-34-49(53-51(54-50)38-17-7-3-8-18-38)37-27-25-36(26-28-37)35-15-5-2-6-16-35/h2-34H,1H3. The van der Waals surface area contributed by atoms with Crippen LogP contribution in [0.3, 0.4) is 0 Å². The topological polar surface area (TPSA) is 25.8 Å². The van der Waals surface area contributed by atoms with E-state index in [9.17, 15) is 0 Å². The Bertz CT molecular complexity index is 2810. The second kappa shape index (κ2) is 12.9. The van der Waals surface area contributed by atoms with Crippen molar-refractivity contribution in [1.29, 1.82) is 0 Å². The van der Waals surface area contributed by atoms with Crippen LogP contribution in [-0.2, 0) is 5.41 Å². The fourth-order valence-electron chi connectivity index (χ4n) is 8.43. The molecular weight excluding hydrogens is 653 g/mol. The Kier molecular flexibility index (Phi) is 7.63. The van der Waals surface area contributed by atoms with Crippen LogP contribution in [0.5, 0.6) is 0 Å². The number of benzene rings is 8. The Morgan fingerprint density at radius 3 is 1.57 bits per heavy atom. The van der Waals surface area contributed by atoms with E-state index in [0.29, 0.717) is 5.82 Å². The smallest absolute Gasteiger partial charge is 0.160 e. The second-order valence-electron chi connectivity index (χ2n) is 14.3. The summed E-state index contributed by atoms with van der Waals surface area (Å²) in [5.74, 6) is 0.710. The van der Waals surface area contributed by atoms with Crippen LogP contribution in [0.15, 0.2) is 200 Å². The summed E-state index contributed by atoms with van der Waals surface area (Å²) >= 11 is 0. The number of hydrogen-bond acceptors (Lipinski definition) is 2. The minimum Gasteiger partial charge on any atom is -0.228 e. The maximum absolute atomic E-state index is 5.23. The van der Waals surface area contributed by atoms with E-state index in [2.05, 4.69) is 183 Å². The molecule has 254 valence electrons. The quantitative estimate of drug-likeness (QED) is 0.174. The Hall–Kier alpha value is -6.90. The fourth-order valence-corrected chi connectivity index (χ4v) is 8.43. The van der Waals surface area contributed by atoms with E-state index >= 15 is 0 Å². The maximum atomic E-state index is 5.23. The van der Waals surface area contributed by atoms with Gasteiger partial charge in [-0.3, -0.25) is 0 Å². The fraction of sp³-hybridized carbons (Fsp3) is 0.0385. The lowest BCUT2D eigenvalue weighted by molar-refractivity contribution is 0.714. The van der Waals surface area contributed by atoms with Gasteiger partial charge in [0.2, 0.25) is 0 Å². The Labute approximate surface area is 316 Å². The van der Waals surface area contributed by atoms with Gasteiger partial charge in [-0.25, -0.2) is 9.97 Å². The summed E-state index contributed by atoms with van der Waals surface area (Å²) in [6, 6.07) is 71.7. The number of hydrogen-bond donors (Lipinski definition) is 0. The van der Waals surface area contributed by atoms with Gasteiger partial charge in [0.1, 0.15) is 0 Å². The molecule has 2 heteroatoms. The molecule has 1 unspecified atom stereocenters. The van der Waals surface area contributed by atoms with Gasteiger partial charge in [0.15, 0.2) is 5.82 Å². The van der Waals surface area contributed by atoms with E-state index in [4.69, 9.17) is 9.97 Å². The number of rotatable bonds is 6. The van der Waals surface area contributed by atoms with Gasteiger partial charge in [-0.2, -0.15) is 0 Å². The zero-order chi connectivity index (χ0) is 36.1. The largest absolute Gasteiger partial charge is 0.228 e. The van der Waals surface area contributed by atoms with Crippen LogP contribution in [0.4, 0.5) is 0 Å². The highest BCUT2D eigenvalue weighted by Crippen LogP contribution is 2.53. The first-order chi connectivity index (χ1) is 26.6. The van der Waals surface area contributed by atoms with Crippen LogP contribution in [0.1, 0.15) is 23.6 Å². The third-order valence-electron chi connectivity index (χ3n) is 11.2. The summed E-state index contributed by atoms with van der Waals surface area (Å²) in [6.45, 7) is 2.38. The van der Waals surface area contributed by atoms with Crippen molar-refractivity contribution in [3.05, 3.63) is 217 Å². The van der Waals surface area contributed by atoms with Gasteiger partial charge >= 0.3 is 0 Å². The molecule has 1 aliphatic carbocycles. The predicted molar refractivity (Wildman–Crippen MR) is 224 cm³/mol. The van der Waals surface area contributed by atoms with Crippen LogP contribution in [0.25, 0.3) is 78.1 Å². The van der Waals surface area contributed by atoms with Crippen molar-refractivity contribution >= 4 is 10.8 Å². The maximum Gasteiger partial charge on any atom is 0.160 e. The highest BCUT2D eigenvalue weighted by atomic mass is 14.9. The molecule has 0 saturated heterocycles. The van der Waals surface area contributed by atoms with Crippen LogP contribution < -0.4 is 0 Å². The Morgan fingerprint density at radius 2 is 0.833 bits per heavy atom. The first-order valence-electron chi connectivity index (χ1n) is 18.6. The van der Waals surface area contributed by atoms with E-state index in [-0.39, 0.29) is 5.41 Å². The van der Waals surface area contributed by atoms with Crippen molar-refractivity contribution in [1.82, 2.24) is 9.97 Å². The van der Waals surface area contributed by atoms with E-state index < -0.39 is 0 Å². The lowest BCUT2D eigenvalue weighted by Crippen LogP contribution is -2.22. The zero-order valence-electron chi connectivity index (χ0n) is 29.9. The molecule has 1 heterocycles. The first-order valence-corrected chi connectivity index (χ1v) is 18.6. The molecule has 0 aliphatic heterocycles. The summed E-state index contributed by atoms with van der Waals surface area (Å²) < 4.78 is 0. The lowest BCUT2D eigenvalue weighted by atomic mass is 9.74. The molecule has 0 bridgehead atoms. The lowest BCUT2D eigenvalue weighted by Gasteiger charge is -2.28. The summed E-state index contributed by atoms with van der Waals surface area (Å²) in [5, 5.41) is 2.35. The molecule has 10 rings (SSSR count). The molecule has 9 aromatic rings. The average molecular weight is 689 g/mol. The zero-order valence-corrected chi connectivity index (χ0v) is 29.9. The molecule has 1 aromatic heterocycles. The molecule has 1 aliphatic rings. The third-order valence-corrected chi connectivity index (χ3v) is 11.2. The summed E-state index contributed by atoms with van der Waals surface area (Å²) in [5.41, 5.74) is 16.1. The van der Waals surface area contributed by atoms with Crippen molar-refractivity contribution in [2.24, 2.45) is 0 Å². The third kappa shape index (κ3) is 5.26. The molecule has 2 nitrogen and oxygen atoms in total. The molecular formula is C52H36N2. The predicted octanol–water partition coefficient (Wildman–Crippen LogP) is 13.3. The van der Waals surface area contributed by atoms with Crippen molar-refractivity contribution in [2.45, 2.75) is 12.3 Å². The summed E-state index contributed by atoms with van der Waals surface area (Å²) in [7, 11) is 0. The highest BCUT2D eigenvalue weighted by Gasteiger charge is 2.40. The molecule has 54 heavy (non-hydrogen) atoms. The van der Waals surface area contributed by atoms with Crippen molar-refractivity contribution in [2.75, 3.05) is 0 Å². The van der Waals surface area contributed by atoms with Crippen LogP contribution >= 0.6 is 0 Å². The number of aromatic nitrogens is 2. The minimum absolute atomic E-state index is 0.260. The molecule has 0 fully saturated rings. The van der Waals surface area contributed by atoms with E-state index in [0.717, 1.165) is 33.5 Å². The van der Waals surface area contributed by atoms with Gasteiger partial charge in [0, 0.05) is 22.1 Å². The first kappa shape index (κ1) is 31.8. The van der Waals surface area contributed by atoms with Gasteiger partial charge in [0.05, 0.1) is 11.4 Å². The normalized spacial score (nSPS) is 14.5. The van der Waals surface area contributed by atoms with Gasteiger partial charge < -0.3 is 0 Å². The molecule has 0 saturated carbocycles. The molecule has 8 aromatic carbocycles. The van der Waals surface area contributed by atoms with Gasteiger partial charge in [-0.1, -0.05) is 188 Å². The van der Waals surface area contributed by atoms with Gasteiger partial charge in [-0.05, 0) is 79.9 Å². The minimum atomic E-state index is -0.260. The Morgan fingerprint density at radius 1 is 0.333 bits per heavy atom. The van der Waals surface area contributed by atoms with Crippen molar-refractivity contribution in [3.8, 4) is 67.3 Å². The molecule has 0 radical (unpaired) electrons. The monoisotopic (exact) mass is 688 g/mol. The van der Waals surface area contributed by atoms with Crippen LogP contribution in [0.2, 0.25) is 0 Å². The van der Waals surface area contributed by atoms with Crippen molar-refractivity contribution in [3.63, 3.8) is 0 Å². The van der Waals surface area contributed by atoms with Gasteiger partial charge in [0.25, 0.3) is 0 Å². The van der Waals surface area contributed by atoms with Crippen LogP contribution in [0, 0.1) is 0 Å². The van der Waals surface area contributed by atoms with E-state index in [1.807, 2.05) is 24.3 Å². The van der Waals surface area contributed by atoms with E-state index in [1.54, 1.807) is 0 Å². The molecule has 0 spiro atoms. The molecule has 0 N–H and O–H groups in total. The van der Waals surface area contributed by atoms with Crippen molar-refractivity contribution < 1.29 is 0 Å². The average Bonchev–Trinajstić information content (AvgIpc) is 3.52. The second-order valence-corrected chi connectivity index (χ2v) is 14.3. The number of fused-ring (bicyclic) bond motifs is 4.